The van der Waals surface area contributed by atoms with Crippen molar-refractivity contribution in [2.75, 3.05) is 0 Å². The summed E-state index contributed by atoms with van der Waals surface area (Å²) in [5.74, 6) is 0. The van der Waals surface area contributed by atoms with Gasteiger partial charge in [-0.2, -0.15) is 0 Å². The molecule has 0 spiro atoms. The van der Waals surface area contributed by atoms with Crippen LogP contribution in [0.5, 0.6) is 0 Å². The minimum Gasteiger partial charge on any atom is -0.284 e. The van der Waals surface area contributed by atoms with Gasteiger partial charge < -0.3 is 0 Å². The van der Waals surface area contributed by atoms with Crippen LogP contribution < -0.4 is 0 Å². The zero-order valence-electron chi connectivity index (χ0n) is 17.2. The smallest absolute Gasteiger partial charge is 0.179 e. The van der Waals surface area contributed by atoms with Crippen LogP contribution in [0.25, 0.3) is 33.3 Å². The molecular weight excluding hydrogens is 384 g/mol. The Balaban J connectivity index is 1.36. The van der Waals surface area contributed by atoms with E-state index in [0.717, 1.165) is 51.9 Å². The van der Waals surface area contributed by atoms with E-state index in [2.05, 4.69) is 63.6 Å². The zero-order chi connectivity index (χ0) is 20.8. The van der Waals surface area contributed by atoms with Crippen LogP contribution in [0.3, 0.4) is 0 Å². The lowest BCUT2D eigenvalue weighted by atomic mass is 10.00. The standard InChI is InChI=1S/C25H20N6/c1-2-21-20-7-6-18(13-19(20)14-27-21)23-9-10-24-25(28-23)31(30-29-24)15-16-5-8-22-17(12-16)4-3-11-26-22/h3-13H,2,14-15H2,1H3. The van der Waals surface area contributed by atoms with E-state index in [1.807, 2.05) is 35.1 Å². The molecule has 0 radical (unpaired) electrons. The van der Waals surface area contributed by atoms with Crippen LogP contribution in [0.4, 0.5) is 0 Å². The van der Waals surface area contributed by atoms with Crippen molar-refractivity contribution in [3.05, 3.63) is 83.6 Å². The Morgan fingerprint density at radius 2 is 1.90 bits per heavy atom. The summed E-state index contributed by atoms with van der Waals surface area (Å²) < 4.78 is 1.86. The Morgan fingerprint density at radius 1 is 0.968 bits per heavy atom. The largest absolute Gasteiger partial charge is 0.284 e. The van der Waals surface area contributed by atoms with Crippen molar-refractivity contribution in [2.24, 2.45) is 4.99 Å². The van der Waals surface area contributed by atoms with E-state index in [-0.39, 0.29) is 0 Å². The van der Waals surface area contributed by atoms with Crippen LogP contribution >= 0.6 is 0 Å². The van der Waals surface area contributed by atoms with Gasteiger partial charge in [-0.15, -0.1) is 5.10 Å². The first kappa shape index (κ1) is 17.9. The summed E-state index contributed by atoms with van der Waals surface area (Å²) >= 11 is 0. The molecule has 5 aromatic rings. The Bertz CT molecular complexity index is 1480. The molecule has 0 amide bonds. The van der Waals surface area contributed by atoms with Gasteiger partial charge in [0, 0.05) is 28.4 Å². The van der Waals surface area contributed by atoms with Gasteiger partial charge in [0.1, 0.15) is 5.52 Å². The Kier molecular flexibility index (Phi) is 4.09. The van der Waals surface area contributed by atoms with E-state index in [9.17, 15) is 0 Å². The molecule has 0 saturated heterocycles. The second kappa shape index (κ2) is 7.09. The highest BCUT2D eigenvalue weighted by molar-refractivity contribution is 6.03. The zero-order valence-corrected chi connectivity index (χ0v) is 17.2. The molecule has 6 heteroatoms. The lowest BCUT2D eigenvalue weighted by molar-refractivity contribution is 0.665. The van der Waals surface area contributed by atoms with Crippen LogP contribution in [0.2, 0.25) is 0 Å². The van der Waals surface area contributed by atoms with Gasteiger partial charge in [0.05, 0.1) is 24.3 Å². The van der Waals surface area contributed by atoms with Gasteiger partial charge in [-0.25, -0.2) is 9.67 Å². The molecule has 150 valence electrons. The molecule has 0 fully saturated rings. The fourth-order valence-electron chi connectivity index (χ4n) is 4.25. The topological polar surface area (TPSA) is 68.8 Å². The van der Waals surface area contributed by atoms with Gasteiger partial charge >= 0.3 is 0 Å². The molecular formula is C25H20N6. The molecule has 2 aromatic carbocycles. The van der Waals surface area contributed by atoms with Crippen LogP contribution in [-0.4, -0.2) is 30.7 Å². The summed E-state index contributed by atoms with van der Waals surface area (Å²) in [6.07, 6.45) is 2.78. The molecule has 0 N–H and O–H groups in total. The average molecular weight is 404 g/mol. The number of fused-ring (bicyclic) bond motifs is 3. The van der Waals surface area contributed by atoms with E-state index in [4.69, 9.17) is 4.98 Å². The number of aliphatic imine (C=N–C) groups is 1. The molecule has 4 heterocycles. The summed E-state index contributed by atoms with van der Waals surface area (Å²) in [6.45, 7) is 3.51. The predicted octanol–water partition coefficient (Wildman–Crippen LogP) is 4.80. The number of benzene rings is 2. The van der Waals surface area contributed by atoms with E-state index in [1.54, 1.807) is 0 Å². The fraction of sp³-hybridized carbons (Fsp3) is 0.160. The van der Waals surface area contributed by atoms with E-state index in [1.165, 1.54) is 16.8 Å². The van der Waals surface area contributed by atoms with Crippen molar-refractivity contribution in [3.8, 4) is 11.3 Å². The highest BCUT2D eigenvalue weighted by Gasteiger charge is 2.16. The number of hydrogen-bond acceptors (Lipinski definition) is 5. The van der Waals surface area contributed by atoms with Gasteiger partial charge in [-0.1, -0.05) is 36.4 Å². The van der Waals surface area contributed by atoms with Crippen LogP contribution in [0.15, 0.2) is 71.9 Å². The van der Waals surface area contributed by atoms with Gasteiger partial charge in [-0.05, 0) is 53.9 Å². The van der Waals surface area contributed by atoms with E-state index in [0.29, 0.717) is 6.54 Å². The fourth-order valence-corrected chi connectivity index (χ4v) is 4.25. The number of nitrogens with zero attached hydrogens (tertiary/aromatic N) is 6. The summed E-state index contributed by atoms with van der Waals surface area (Å²) in [4.78, 5) is 14.0. The minimum absolute atomic E-state index is 0.607. The number of hydrogen-bond donors (Lipinski definition) is 0. The first-order chi connectivity index (χ1) is 15.3. The molecule has 31 heavy (non-hydrogen) atoms. The monoisotopic (exact) mass is 404 g/mol. The number of pyridine rings is 2. The Morgan fingerprint density at radius 3 is 2.84 bits per heavy atom. The third kappa shape index (κ3) is 3.08. The van der Waals surface area contributed by atoms with Crippen molar-refractivity contribution in [1.82, 2.24) is 25.0 Å². The third-order valence-electron chi connectivity index (χ3n) is 5.85. The summed E-state index contributed by atoms with van der Waals surface area (Å²) in [5, 5.41) is 9.78. The van der Waals surface area contributed by atoms with Crippen molar-refractivity contribution >= 4 is 27.8 Å². The first-order valence-electron chi connectivity index (χ1n) is 10.5. The van der Waals surface area contributed by atoms with Gasteiger partial charge in [0.25, 0.3) is 0 Å². The number of rotatable bonds is 4. The first-order valence-corrected chi connectivity index (χ1v) is 10.5. The Labute approximate surface area is 179 Å². The summed E-state index contributed by atoms with van der Waals surface area (Å²) in [7, 11) is 0. The van der Waals surface area contributed by atoms with Crippen molar-refractivity contribution in [1.29, 1.82) is 0 Å². The van der Waals surface area contributed by atoms with E-state index < -0.39 is 0 Å². The van der Waals surface area contributed by atoms with Gasteiger partial charge in [0.2, 0.25) is 0 Å². The molecule has 0 bridgehead atoms. The van der Waals surface area contributed by atoms with Crippen molar-refractivity contribution < 1.29 is 0 Å². The molecule has 0 atom stereocenters. The quantitative estimate of drug-likeness (QED) is 0.431. The lowest BCUT2D eigenvalue weighted by Crippen LogP contribution is -2.03. The second-order valence-electron chi connectivity index (χ2n) is 7.81. The lowest BCUT2D eigenvalue weighted by Gasteiger charge is -2.07. The van der Waals surface area contributed by atoms with Crippen molar-refractivity contribution in [2.45, 2.75) is 26.4 Å². The van der Waals surface area contributed by atoms with Gasteiger partial charge in [-0.3, -0.25) is 9.98 Å². The average Bonchev–Trinajstić information content (AvgIpc) is 3.42. The van der Waals surface area contributed by atoms with Crippen LogP contribution in [0.1, 0.15) is 30.0 Å². The molecule has 3 aromatic heterocycles. The maximum atomic E-state index is 4.92. The third-order valence-corrected chi connectivity index (χ3v) is 5.85. The van der Waals surface area contributed by atoms with Crippen LogP contribution in [-0.2, 0) is 13.1 Å². The van der Waals surface area contributed by atoms with E-state index >= 15 is 0 Å². The van der Waals surface area contributed by atoms with Gasteiger partial charge in [0.15, 0.2) is 5.65 Å². The maximum Gasteiger partial charge on any atom is 0.179 e. The predicted molar refractivity (Wildman–Crippen MR) is 122 cm³/mol. The normalized spacial score (nSPS) is 13.0. The highest BCUT2D eigenvalue weighted by atomic mass is 15.4. The van der Waals surface area contributed by atoms with Crippen LogP contribution in [0, 0.1) is 0 Å². The molecule has 1 aliphatic heterocycles. The minimum atomic E-state index is 0.607. The second-order valence-corrected chi connectivity index (χ2v) is 7.81. The molecule has 0 unspecified atom stereocenters. The molecule has 0 aliphatic carbocycles. The maximum absolute atomic E-state index is 4.92. The molecule has 6 nitrogen and oxygen atoms in total. The molecule has 0 saturated carbocycles. The molecule has 1 aliphatic rings. The van der Waals surface area contributed by atoms with Crippen molar-refractivity contribution in [3.63, 3.8) is 0 Å². The molecule has 6 rings (SSSR count). The summed E-state index contributed by atoms with van der Waals surface area (Å²) in [6, 6.07) is 20.8. The summed E-state index contributed by atoms with van der Waals surface area (Å²) in [5.41, 5.74) is 9.46. The Hall–Kier alpha value is -3.93. The highest BCUT2D eigenvalue weighted by Crippen LogP contribution is 2.27. The SMILES string of the molecule is CCC1=NCc2cc(-c3ccc4nnn(Cc5ccc6ncccc6c5)c4n3)ccc21. The number of aromatic nitrogens is 5.